The molecule has 1 rings (SSSR count). The maximum atomic E-state index is 13.5. The van der Waals surface area contributed by atoms with Gasteiger partial charge in [0.2, 0.25) is 6.54 Å². The molecule has 9 heteroatoms. The molecule has 20 heavy (non-hydrogen) atoms. The fraction of sp³-hybridized carbons (Fsp3) is 0.818. The highest BCUT2D eigenvalue weighted by atomic mass is 35.5. The van der Waals surface area contributed by atoms with Crippen molar-refractivity contribution in [2.24, 2.45) is 11.3 Å². The highest BCUT2D eigenvalue weighted by Gasteiger charge is 2.64. The van der Waals surface area contributed by atoms with Gasteiger partial charge >= 0.3 is 11.4 Å². The van der Waals surface area contributed by atoms with E-state index in [1.54, 1.807) is 0 Å². The van der Waals surface area contributed by atoms with Crippen molar-refractivity contribution in [3.8, 4) is 0 Å². The van der Waals surface area contributed by atoms with Gasteiger partial charge in [0.1, 0.15) is 11.3 Å². The number of carbonyl (C=O) groups is 2. The Bertz CT molecular complexity index is 426. The van der Waals surface area contributed by atoms with Crippen LogP contribution in [-0.2, 0) is 14.3 Å². The SMILES string of the molecule is CCOC(=O)[C@]1([C@H](C[N+](=O)[O-])C(F)(F)Cl)CCCC1=O. The molecule has 114 valence electrons. The molecule has 0 amide bonds. The minimum Gasteiger partial charge on any atom is -0.465 e. The summed E-state index contributed by atoms with van der Waals surface area (Å²) in [7, 11) is 0. The molecule has 0 N–H and O–H groups in total. The minimum absolute atomic E-state index is 0.0972. The Morgan fingerprint density at radius 2 is 2.25 bits per heavy atom. The Kier molecular flexibility index (Phi) is 5.01. The lowest BCUT2D eigenvalue weighted by atomic mass is 9.72. The van der Waals surface area contributed by atoms with Crippen LogP contribution in [0.1, 0.15) is 26.2 Å². The molecule has 2 atom stereocenters. The van der Waals surface area contributed by atoms with Crippen molar-refractivity contribution >= 4 is 23.4 Å². The number of nitro groups is 1. The Morgan fingerprint density at radius 1 is 1.65 bits per heavy atom. The molecule has 1 fully saturated rings. The van der Waals surface area contributed by atoms with Gasteiger partial charge in [0, 0.05) is 11.3 Å². The summed E-state index contributed by atoms with van der Waals surface area (Å²) in [5, 5.41) is 6.54. The van der Waals surface area contributed by atoms with E-state index in [0.717, 1.165) is 0 Å². The van der Waals surface area contributed by atoms with Crippen LogP contribution in [0, 0.1) is 21.4 Å². The van der Waals surface area contributed by atoms with E-state index in [0.29, 0.717) is 0 Å². The van der Waals surface area contributed by atoms with Crippen LogP contribution < -0.4 is 0 Å². The van der Waals surface area contributed by atoms with Gasteiger partial charge in [-0.1, -0.05) is 0 Å². The predicted molar refractivity (Wildman–Crippen MR) is 64.1 cm³/mol. The molecule has 1 saturated carbocycles. The molecule has 0 aromatic carbocycles. The number of nitrogens with zero attached hydrogens (tertiary/aromatic N) is 1. The summed E-state index contributed by atoms with van der Waals surface area (Å²) in [5.74, 6) is -4.15. The van der Waals surface area contributed by atoms with E-state index < -0.39 is 39.9 Å². The van der Waals surface area contributed by atoms with E-state index in [4.69, 9.17) is 11.6 Å². The number of Topliss-reactive ketones (excluding diaryl/α,β-unsaturated/α-hetero) is 1. The highest BCUT2D eigenvalue weighted by molar-refractivity contribution is 6.22. The van der Waals surface area contributed by atoms with Gasteiger partial charge < -0.3 is 4.74 Å². The van der Waals surface area contributed by atoms with Gasteiger partial charge in [-0.25, -0.2) is 0 Å². The summed E-state index contributed by atoms with van der Waals surface area (Å²) in [5.41, 5.74) is -2.23. The van der Waals surface area contributed by atoms with Crippen LogP contribution in [0.5, 0.6) is 0 Å². The van der Waals surface area contributed by atoms with Crippen molar-refractivity contribution in [2.75, 3.05) is 13.2 Å². The summed E-state index contributed by atoms with van der Waals surface area (Å²) in [6.45, 7) is 0.0559. The summed E-state index contributed by atoms with van der Waals surface area (Å²) in [6.07, 6.45) is -0.121. The minimum atomic E-state index is -4.06. The fourth-order valence-electron chi connectivity index (χ4n) is 2.56. The zero-order valence-corrected chi connectivity index (χ0v) is 11.5. The van der Waals surface area contributed by atoms with Gasteiger partial charge in [0.25, 0.3) is 0 Å². The van der Waals surface area contributed by atoms with Gasteiger partial charge in [-0.3, -0.25) is 19.7 Å². The van der Waals surface area contributed by atoms with E-state index in [1.165, 1.54) is 6.92 Å². The fourth-order valence-corrected chi connectivity index (χ4v) is 2.82. The zero-order chi connectivity index (χ0) is 15.6. The van der Waals surface area contributed by atoms with E-state index in [1.807, 2.05) is 0 Å². The highest BCUT2D eigenvalue weighted by Crippen LogP contribution is 2.50. The lowest BCUT2D eigenvalue weighted by molar-refractivity contribution is -0.495. The van der Waals surface area contributed by atoms with Gasteiger partial charge in [0.05, 0.1) is 6.61 Å². The second-order valence-electron chi connectivity index (χ2n) is 4.58. The monoisotopic (exact) mass is 313 g/mol. The molecule has 0 aromatic heterocycles. The van der Waals surface area contributed by atoms with Crippen LogP contribution in [0.2, 0.25) is 0 Å². The van der Waals surface area contributed by atoms with E-state index in [2.05, 4.69) is 4.74 Å². The quantitative estimate of drug-likeness (QED) is 0.246. The van der Waals surface area contributed by atoms with Crippen LogP contribution in [0.25, 0.3) is 0 Å². The Morgan fingerprint density at radius 3 is 2.60 bits per heavy atom. The van der Waals surface area contributed by atoms with Crippen molar-refractivity contribution in [3.05, 3.63) is 10.1 Å². The third-order valence-corrected chi connectivity index (χ3v) is 3.70. The number of rotatable bonds is 6. The van der Waals surface area contributed by atoms with Gasteiger partial charge in [-0.05, 0) is 31.4 Å². The molecular formula is C11H14ClF2NO5. The molecule has 1 aliphatic rings. The normalized spacial score (nSPS) is 24.5. The number of ketones is 1. The lowest BCUT2D eigenvalue weighted by Crippen LogP contribution is -2.51. The smallest absolute Gasteiger partial charge is 0.332 e. The van der Waals surface area contributed by atoms with E-state index >= 15 is 0 Å². The second kappa shape index (κ2) is 5.99. The first-order valence-corrected chi connectivity index (χ1v) is 6.43. The average Bonchev–Trinajstić information content (AvgIpc) is 2.67. The first-order chi connectivity index (χ1) is 9.16. The molecule has 1 aliphatic carbocycles. The summed E-state index contributed by atoms with van der Waals surface area (Å²) in [6, 6.07) is 0. The van der Waals surface area contributed by atoms with Gasteiger partial charge in [-0.2, -0.15) is 8.78 Å². The molecule has 0 aromatic rings. The third-order valence-electron chi connectivity index (χ3n) is 3.43. The molecule has 0 unspecified atom stereocenters. The number of halogens is 3. The Balaban J connectivity index is 3.29. The van der Waals surface area contributed by atoms with Crippen LogP contribution in [0.15, 0.2) is 0 Å². The zero-order valence-electron chi connectivity index (χ0n) is 10.7. The molecule has 0 heterocycles. The predicted octanol–water partition coefficient (Wildman–Crippen LogP) is 2.01. The lowest BCUT2D eigenvalue weighted by Gasteiger charge is -2.33. The summed E-state index contributed by atoms with van der Waals surface area (Å²) < 4.78 is 31.7. The van der Waals surface area contributed by atoms with Crippen molar-refractivity contribution in [3.63, 3.8) is 0 Å². The van der Waals surface area contributed by atoms with Gasteiger partial charge in [0.15, 0.2) is 5.78 Å². The second-order valence-corrected chi connectivity index (χ2v) is 5.08. The topological polar surface area (TPSA) is 86.5 Å². The number of alkyl halides is 3. The standard InChI is InChI=1S/C11H14ClF2NO5/c1-2-20-9(17)10(5-3-4-8(10)16)7(6-15(18)19)11(12,13)14/h7H,2-6H2,1H3/t7-,10-/m0/s1. The van der Waals surface area contributed by atoms with E-state index in [9.17, 15) is 28.5 Å². The van der Waals surface area contributed by atoms with Crippen LogP contribution in [0.3, 0.4) is 0 Å². The molecule has 0 bridgehead atoms. The first-order valence-electron chi connectivity index (χ1n) is 6.05. The number of hydrogen-bond acceptors (Lipinski definition) is 5. The number of ether oxygens (including phenoxy) is 1. The maximum Gasteiger partial charge on any atom is 0.332 e. The molecule has 0 radical (unpaired) electrons. The molecule has 6 nitrogen and oxygen atoms in total. The Hall–Kier alpha value is -1.31. The van der Waals surface area contributed by atoms with Crippen molar-refractivity contribution in [1.29, 1.82) is 0 Å². The molecule has 0 spiro atoms. The van der Waals surface area contributed by atoms with Crippen molar-refractivity contribution in [2.45, 2.75) is 31.6 Å². The van der Waals surface area contributed by atoms with Crippen LogP contribution >= 0.6 is 11.6 Å². The van der Waals surface area contributed by atoms with Crippen LogP contribution in [-0.4, -0.2) is 35.2 Å². The summed E-state index contributed by atoms with van der Waals surface area (Å²) in [4.78, 5) is 33.5. The number of esters is 1. The molecule has 0 saturated heterocycles. The number of carbonyl (C=O) groups excluding carboxylic acids is 2. The first kappa shape index (κ1) is 16.7. The van der Waals surface area contributed by atoms with Crippen molar-refractivity contribution in [1.82, 2.24) is 0 Å². The van der Waals surface area contributed by atoms with Crippen molar-refractivity contribution < 1.29 is 28.0 Å². The largest absolute Gasteiger partial charge is 0.465 e. The Labute approximate surface area is 118 Å². The molecule has 0 aliphatic heterocycles. The van der Waals surface area contributed by atoms with Crippen LogP contribution in [0.4, 0.5) is 8.78 Å². The summed E-state index contributed by atoms with van der Waals surface area (Å²) >= 11 is 4.92. The van der Waals surface area contributed by atoms with E-state index in [-0.39, 0.29) is 25.9 Å². The molecular weight excluding hydrogens is 300 g/mol. The average molecular weight is 314 g/mol. The van der Waals surface area contributed by atoms with Gasteiger partial charge in [-0.15, -0.1) is 0 Å². The number of hydrogen-bond donors (Lipinski definition) is 0. The maximum absolute atomic E-state index is 13.5. The third kappa shape index (κ3) is 3.05.